The Bertz CT molecular complexity index is 371. The first-order valence-electron chi connectivity index (χ1n) is 7.47. The van der Waals surface area contributed by atoms with Crippen molar-refractivity contribution in [2.45, 2.75) is 39.2 Å². The first-order chi connectivity index (χ1) is 9.46. The Kier molecular flexibility index (Phi) is 7.43. The van der Waals surface area contributed by atoms with Crippen molar-refractivity contribution in [2.24, 2.45) is 5.41 Å². The van der Waals surface area contributed by atoms with Gasteiger partial charge in [-0.15, -0.1) is 0 Å². The van der Waals surface area contributed by atoms with Crippen LogP contribution in [-0.2, 0) is 19.3 Å². The van der Waals surface area contributed by atoms with Crippen LogP contribution in [0.5, 0.6) is 0 Å². The molecule has 2 atom stereocenters. The summed E-state index contributed by atoms with van der Waals surface area (Å²) in [6.07, 6.45) is 2.80. The molecule has 0 saturated carbocycles. The Balaban J connectivity index is 2.47. The molecule has 0 aromatic heterocycles. The van der Waals surface area contributed by atoms with E-state index in [-0.39, 0.29) is 23.0 Å². The smallest absolute Gasteiger partial charge is 0.150 e. The number of hydrogen-bond acceptors (Lipinski definition) is 5. The molecule has 1 saturated heterocycles. The fourth-order valence-corrected chi connectivity index (χ4v) is 3.64. The van der Waals surface area contributed by atoms with E-state index in [1.54, 1.807) is 14.0 Å². The van der Waals surface area contributed by atoms with E-state index in [1.807, 2.05) is 0 Å². The maximum atomic E-state index is 11.6. The quantitative estimate of drug-likeness (QED) is 0.615. The Morgan fingerprint density at radius 1 is 1.45 bits per heavy atom. The van der Waals surface area contributed by atoms with E-state index in [4.69, 9.17) is 9.47 Å². The van der Waals surface area contributed by atoms with Crippen LogP contribution in [0, 0.1) is 5.41 Å². The summed E-state index contributed by atoms with van der Waals surface area (Å²) in [4.78, 5) is 0. The average Bonchev–Trinajstić information content (AvgIpc) is 2.77. The molecule has 1 N–H and O–H groups in total. The van der Waals surface area contributed by atoms with Gasteiger partial charge < -0.3 is 14.8 Å². The van der Waals surface area contributed by atoms with Crippen molar-refractivity contribution in [1.82, 2.24) is 5.32 Å². The molecule has 0 radical (unpaired) electrons. The minimum Gasteiger partial charge on any atom is -0.383 e. The number of nitrogens with one attached hydrogen (secondary N) is 1. The normalized spacial score (nSPS) is 27.1. The van der Waals surface area contributed by atoms with Gasteiger partial charge in [-0.2, -0.15) is 0 Å². The first kappa shape index (κ1) is 17.9. The van der Waals surface area contributed by atoms with Crippen LogP contribution < -0.4 is 5.32 Å². The van der Waals surface area contributed by atoms with Crippen molar-refractivity contribution < 1.29 is 17.9 Å². The van der Waals surface area contributed by atoms with Crippen molar-refractivity contribution >= 4 is 9.84 Å². The standard InChI is InChI=1S/C14H29NO4S/c1-4-20(16,17)11-5-6-14(7-9-19-13(14)2)12-15-8-10-18-3/h13,15H,4-12H2,1-3H3. The van der Waals surface area contributed by atoms with E-state index in [2.05, 4.69) is 12.2 Å². The van der Waals surface area contributed by atoms with Crippen LogP contribution in [0.2, 0.25) is 0 Å². The molecule has 0 spiro atoms. The minimum atomic E-state index is -2.87. The third-order valence-corrected chi connectivity index (χ3v) is 6.15. The van der Waals surface area contributed by atoms with Crippen LogP contribution in [-0.4, -0.2) is 59.4 Å². The molecule has 1 aliphatic rings. The predicted octanol–water partition coefficient (Wildman–Crippen LogP) is 1.23. The first-order valence-corrected chi connectivity index (χ1v) is 9.29. The molecule has 120 valence electrons. The molecule has 1 heterocycles. The van der Waals surface area contributed by atoms with Crippen molar-refractivity contribution in [3.05, 3.63) is 0 Å². The Labute approximate surface area is 123 Å². The number of rotatable bonds is 10. The lowest BCUT2D eigenvalue weighted by Crippen LogP contribution is -2.40. The second-order valence-electron chi connectivity index (χ2n) is 5.63. The molecule has 0 amide bonds. The molecule has 2 unspecified atom stereocenters. The second kappa shape index (κ2) is 8.32. The molecule has 1 aliphatic heterocycles. The summed E-state index contributed by atoms with van der Waals surface area (Å²) in [6, 6.07) is 0. The lowest BCUT2D eigenvalue weighted by atomic mass is 9.77. The van der Waals surface area contributed by atoms with E-state index < -0.39 is 9.84 Å². The van der Waals surface area contributed by atoms with Crippen LogP contribution in [0.15, 0.2) is 0 Å². The van der Waals surface area contributed by atoms with E-state index in [0.29, 0.717) is 6.61 Å². The van der Waals surface area contributed by atoms with Crippen LogP contribution >= 0.6 is 0 Å². The van der Waals surface area contributed by atoms with Gasteiger partial charge in [0, 0.05) is 38.0 Å². The third kappa shape index (κ3) is 5.31. The highest BCUT2D eigenvalue weighted by atomic mass is 32.2. The van der Waals surface area contributed by atoms with Gasteiger partial charge in [0.05, 0.1) is 18.5 Å². The molecule has 0 aromatic carbocycles. The average molecular weight is 307 g/mol. The van der Waals surface area contributed by atoms with Gasteiger partial charge in [0.2, 0.25) is 0 Å². The van der Waals surface area contributed by atoms with Crippen molar-refractivity contribution in [3.63, 3.8) is 0 Å². The summed E-state index contributed by atoms with van der Waals surface area (Å²) in [7, 11) is -1.18. The highest BCUT2D eigenvalue weighted by Gasteiger charge is 2.40. The zero-order chi connectivity index (χ0) is 15.1. The second-order valence-corrected chi connectivity index (χ2v) is 8.11. The summed E-state index contributed by atoms with van der Waals surface area (Å²) < 4.78 is 33.9. The predicted molar refractivity (Wildman–Crippen MR) is 80.8 cm³/mol. The summed E-state index contributed by atoms with van der Waals surface area (Å²) >= 11 is 0. The minimum absolute atomic E-state index is 0.0665. The third-order valence-electron chi connectivity index (χ3n) is 4.36. The van der Waals surface area contributed by atoms with Crippen molar-refractivity contribution in [1.29, 1.82) is 0 Å². The molecule has 6 heteroatoms. The number of sulfone groups is 1. The van der Waals surface area contributed by atoms with Crippen LogP contribution in [0.1, 0.15) is 33.1 Å². The Morgan fingerprint density at radius 3 is 2.75 bits per heavy atom. The zero-order valence-corrected chi connectivity index (χ0v) is 13.8. The Morgan fingerprint density at radius 2 is 2.20 bits per heavy atom. The molecule has 0 bridgehead atoms. The molecular formula is C14H29NO4S. The zero-order valence-electron chi connectivity index (χ0n) is 13.0. The van der Waals surface area contributed by atoms with E-state index in [9.17, 15) is 8.42 Å². The van der Waals surface area contributed by atoms with Crippen LogP contribution in [0.4, 0.5) is 0 Å². The van der Waals surface area contributed by atoms with Crippen LogP contribution in [0.25, 0.3) is 0 Å². The SMILES string of the molecule is CCS(=O)(=O)CCCC1(CNCCOC)CCOC1C. The highest BCUT2D eigenvalue weighted by Crippen LogP contribution is 2.38. The molecule has 5 nitrogen and oxygen atoms in total. The summed E-state index contributed by atoms with van der Waals surface area (Å²) in [5.74, 6) is 0.522. The lowest BCUT2D eigenvalue weighted by molar-refractivity contribution is 0.0571. The van der Waals surface area contributed by atoms with Gasteiger partial charge in [-0.25, -0.2) is 8.42 Å². The van der Waals surface area contributed by atoms with E-state index in [0.717, 1.165) is 39.0 Å². The molecule has 20 heavy (non-hydrogen) atoms. The fourth-order valence-electron chi connectivity index (χ4n) is 2.77. The van der Waals surface area contributed by atoms with E-state index >= 15 is 0 Å². The maximum Gasteiger partial charge on any atom is 0.150 e. The van der Waals surface area contributed by atoms with Gasteiger partial charge in [0.25, 0.3) is 0 Å². The number of hydrogen-bond donors (Lipinski definition) is 1. The molecule has 1 fully saturated rings. The lowest BCUT2D eigenvalue weighted by Gasteiger charge is -2.32. The largest absolute Gasteiger partial charge is 0.383 e. The Hall–Kier alpha value is -0.170. The fraction of sp³-hybridized carbons (Fsp3) is 1.00. The highest BCUT2D eigenvalue weighted by molar-refractivity contribution is 7.91. The summed E-state index contributed by atoms with van der Waals surface area (Å²) in [5, 5.41) is 3.41. The summed E-state index contributed by atoms with van der Waals surface area (Å²) in [6.45, 7) is 6.95. The van der Waals surface area contributed by atoms with Gasteiger partial charge in [0.1, 0.15) is 9.84 Å². The van der Waals surface area contributed by atoms with Gasteiger partial charge in [-0.3, -0.25) is 0 Å². The monoisotopic (exact) mass is 307 g/mol. The van der Waals surface area contributed by atoms with Crippen LogP contribution in [0.3, 0.4) is 0 Å². The van der Waals surface area contributed by atoms with Gasteiger partial charge in [-0.1, -0.05) is 6.92 Å². The number of ether oxygens (including phenoxy) is 2. The summed E-state index contributed by atoms with van der Waals surface area (Å²) in [5.41, 5.74) is 0.0665. The van der Waals surface area contributed by atoms with Gasteiger partial charge >= 0.3 is 0 Å². The molecule has 0 aromatic rings. The topological polar surface area (TPSA) is 64.6 Å². The van der Waals surface area contributed by atoms with Gasteiger partial charge in [-0.05, 0) is 26.2 Å². The van der Waals surface area contributed by atoms with Crippen molar-refractivity contribution in [3.8, 4) is 0 Å². The van der Waals surface area contributed by atoms with Crippen molar-refractivity contribution in [2.75, 3.05) is 44.9 Å². The number of methoxy groups -OCH3 is 1. The van der Waals surface area contributed by atoms with E-state index in [1.165, 1.54) is 0 Å². The van der Waals surface area contributed by atoms with Gasteiger partial charge in [0.15, 0.2) is 0 Å². The molecular weight excluding hydrogens is 278 g/mol. The molecule has 0 aliphatic carbocycles. The maximum absolute atomic E-state index is 11.6. The molecule has 1 rings (SSSR count).